The number of fused-ring (bicyclic) bond motifs is 1. The van der Waals surface area contributed by atoms with Crippen molar-refractivity contribution >= 4 is 10.9 Å². The molecule has 2 heterocycles. The molecule has 4 aromatic rings. The zero-order chi connectivity index (χ0) is 17.9. The molecule has 4 rings (SSSR count). The Hall–Kier alpha value is -3.12. The molecular formula is C20H20N4O2. The maximum Gasteiger partial charge on any atom is 0.253 e. The normalized spacial score (nSPS) is 11.3. The van der Waals surface area contributed by atoms with Crippen molar-refractivity contribution in [2.45, 2.75) is 19.9 Å². The van der Waals surface area contributed by atoms with Gasteiger partial charge in [-0.1, -0.05) is 35.9 Å². The first-order chi connectivity index (χ1) is 12.7. The fraction of sp³-hybridized carbons (Fsp3) is 0.200. The van der Waals surface area contributed by atoms with E-state index in [-0.39, 0.29) is 0 Å². The van der Waals surface area contributed by atoms with Gasteiger partial charge in [-0.3, -0.25) is 0 Å². The third-order valence-electron chi connectivity index (χ3n) is 4.51. The van der Waals surface area contributed by atoms with E-state index in [0.29, 0.717) is 12.2 Å². The summed E-state index contributed by atoms with van der Waals surface area (Å²) in [6, 6.07) is 16.1. The van der Waals surface area contributed by atoms with Gasteiger partial charge in [0.15, 0.2) is 5.95 Å². The Morgan fingerprint density at radius 3 is 2.81 bits per heavy atom. The third kappa shape index (κ3) is 3.19. The lowest BCUT2D eigenvalue weighted by atomic mass is 10.1. The molecule has 0 aliphatic rings. The molecule has 6 heteroatoms. The van der Waals surface area contributed by atoms with Crippen LogP contribution in [0.25, 0.3) is 16.6 Å². The van der Waals surface area contributed by atoms with Gasteiger partial charge in [0, 0.05) is 29.2 Å². The molecule has 132 valence electrons. The zero-order valence-electron chi connectivity index (χ0n) is 14.5. The summed E-state index contributed by atoms with van der Waals surface area (Å²) >= 11 is 0. The lowest BCUT2D eigenvalue weighted by Gasteiger charge is -2.03. The number of nitrogens with zero attached hydrogens (tertiary/aromatic N) is 2. The first-order valence-electron chi connectivity index (χ1n) is 8.63. The molecule has 0 aliphatic carbocycles. The minimum Gasteiger partial charge on any atom is -0.539 e. The third-order valence-corrected chi connectivity index (χ3v) is 4.51. The molecule has 0 aliphatic heterocycles. The number of H-pyrrole nitrogens is 1. The second-order valence-electron chi connectivity index (χ2n) is 6.34. The van der Waals surface area contributed by atoms with Gasteiger partial charge in [-0.25, -0.2) is 0 Å². The van der Waals surface area contributed by atoms with Crippen molar-refractivity contribution in [3.63, 3.8) is 0 Å². The monoisotopic (exact) mass is 348 g/mol. The predicted molar refractivity (Wildman–Crippen MR) is 95.9 cm³/mol. The maximum atomic E-state index is 12.0. The lowest BCUT2D eigenvalue weighted by molar-refractivity contribution is -0.677. The Morgan fingerprint density at radius 2 is 1.96 bits per heavy atom. The van der Waals surface area contributed by atoms with Crippen LogP contribution in [0.5, 0.6) is 5.95 Å². The Bertz CT molecular complexity index is 1020. The highest BCUT2D eigenvalue weighted by Crippen LogP contribution is 2.18. The van der Waals surface area contributed by atoms with Gasteiger partial charge in [0.1, 0.15) is 0 Å². The molecule has 0 saturated carbocycles. The van der Waals surface area contributed by atoms with E-state index in [1.165, 1.54) is 10.9 Å². The Balaban J connectivity index is 1.42. The van der Waals surface area contributed by atoms with E-state index in [9.17, 15) is 5.11 Å². The van der Waals surface area contributed by atoms with Crippen molar-refractivity contribution < 1.29 is 14.3 Å². The van der Waals surface area contributed by atoms with Gasteiger partial charge in [-0.2, -0.15) is 0 Å². The predicted octanol–water partition coefficient (Wildman–Crippen LogP) is 2.15. The van der Waals surface area contributed by atoms with E-state index in [1.807, 2.05) is 49.5 Å². The first-order valence-corrected chi connectivity index (χ1v) is 8.63. The van der Waals surface area contributed by atoms with Crippen molar-refractivity contribution in [2.75, 3.05) is 6.54 Å². The number of benzene rings is 2. The van der Waals surface area contributed by atoms with E-state index >= 15 is 0 Å². The smallest absolute Gasteiger partial charge is 0.253 e. The van der Waals surface area contributed by atoms with Gasteiger partial charge in [0.2, 0.25) is 5.69 Å². The van der Waals surface area contributed by atoms with Crippen molar-refractivity contribution in [3.8, 4) is 11.6 Å². The highest BCUT2D eigenvalue weighted by molar-refractivity contribution is 5.83. The fourth-order valence-corrected chi connectivity index (χ4v) is 3.07. The molecule has 0 unspecified atom stereocenters. The summed E-state index contributed by atoms with van der Waals surface area (Å²) in [7, 11) is 0. The maximum absolute atomic E-state index is 12.0. The minimum atomic E-state index is -0.412. The minimum absolute atomic E-state index is 0.401. The van der Waals surface area contributed by atoms with Gasteiger partial charge in [-0.05, 0) is 36.2 Å². The van der Waals surface area contributed by atoms with E-state index in [0.717, 1.165) is 29.7 Å². The van der Waals surface area contributed by atoms with Crippen LogP contribution >= 0.6 is 0 Å². The van der Waals surface area contributed by atoms with Gasteiger partial charge in [0.05, 0.1) is 11.8 Å². The van der Waals surface area contributed by atoms with Crippen LogP contribution in [0.3, 0.4) is 0 Å². The van der Waals surface area contributed by atoms with Gasteiger partial charge >= 0.3 is 0 Å². The Kier molecular flexibility index (Phi) is 4.41. The topological polar surface area (TPSA) is 80.8 Å². The van der Waals surface area contributed by atoms with Crippen LogP contribution in [0.2, 0.25) is 0 Å². The van der Waals surface area contributed by atoms with Crippen LogP contribution < -0.4 is 15.1 Å². The average Bonchev–Trinajstić information content (AvgIpc) is 3.23. The van der Waals surface area contributed by atoms with Crippen LogP contribution in [0.1, 0.15) is 16.8 Å². The summed E-state index contributed by atoms with van der Waals surface area (Å²) in [6.45, 7) is 3.17. The number of hydrogen-bond acceptors (Lipinski definition) is 4. The number of aromatic nitrogens is 3. The van der Waals surface area contributed by atoms with E-state index in [4.69, 9.17) is 4.52 Å². The molecule has 0 radical (unpaired) electrons. The molecule has 0 atom stereocenters. The Morgan fingerprint density at radius 1 is 1.15 bits per heavy atom. The molecule has 6 nitrogen and oxygen atoms in total. The summed E-state index contributed by atoms with van der Waals surface area (Å²) in [6.07, 6.45) is 2.91. The standard InChI is InChI=1S/C20H20N4O2/c1-14-6-8-16(9-7-14)24-19(20(25)26-23-24)13-21-11-10-15-12-22-18-5-3-2-4-17(15)18/h2-9,12,21-22H,10-11,13H2,1H3. The van der Waals surface area contributed by atoms with E-state index < -0.39 is 5.95 Å². The molecule has 0 spiro atoms. The van der Waals surface area contributed by atoms with Crippen molar-refractivity contribution in [2.24, 2.45) is 0 Å². The number of aryl methyl sites for hydroxylation is 1. The molecule has 2 N–H and O–H groups in total. The summed E-state index contributed by atoms with van der Waals surface area (Å²) in [4.78, 5) is 3.28. The summed E-state index contributed by atoms with van der Waals surface area (Å²) in [5, 5.41) is 20.4. The molecule has 26 heavy (non-hydrogen) atoms. The highest BCUT2D eigenvalue weighted by Gasteiger charge is 2.19. The van der Waals surface area contributed by atoms with Crippen molar-refractivity contribution in [1.82, 2.24) is 15.6 Å². The molecule has 0 saturated heterocycles. The first kappa shape index (κ1) is 16.4. The number of aromatic amines is 1. The SMILES string of the molecule is Cc1ccc(-[n+]2noc([O-])c2CNCCc2c[nH]c3ccccc23)cc1. The number of rotatable bonds is 6. The molecule has 0 bridgehead atoms. The van der Waals surface area contributed by atoms with Gasteiger partial charge < -0.3 is 19.9 Å². The lowest BCUT2D eigenvalue weighted by Crippen LogP contribution is -2.39. The largest absolute Gasteiger partial charge is 0.539 e. The quantitative estimate of drug-likeness (QED) is 0.413. The van der Waals surface area contributed by atoms with Crippen LogP contribution in [0.4, 0.5) is 0 Å². The van der Waals surface area contributed by atoms with Crippen molar-refractivity contribution in [3.05, 3.63) is 71.5 Å². The molecule has 2 aromatic heterocycles. The van der Waals surface area contributed by atoms with Crippen LogP contribution in [0.15, 0.2) is 59.3 Å². The molecular weight excluding hydrogens is 328 g/mol. The van der Waals surface area contributed by atoms with E-state index in [2.05, 4.69) is 27.7 Å². The summed E-state index contributed by atoms with van der Waals surface area (Å²) in [5.41, 5.74) is 4.86. The van der Waals surface area contributed by atoms with Crippen LogP contribution in [-0.4, -0.2) is 16.8 Å². The average molecular weight is 348 g/mol. The van der Waals surface area contributed by atoms with Gasteiger partial charge in [0.25, 0.3) is 5.69 Å². The second-order valence-corrected chi connectivity index (χ2v) is 6.34. The molecule has 0 fully saturated rings. The summed E-state index contributed by atoms with van der Waals surface area (Å²) in [5.74, 6) is -0.412. The second kappa shape index (κ2) is 7.01. The number of nitrogens with one attached hydrogen (secondary N) is 2. The van der Waals surface area contributed by atoms with Crippen molar-refractivity contribution in [1.29, 1.82) is 0 Å². The highest BCUT2D eigenvalue weighted by atomic mass is 16.6. The van der Waals surface area contributed by atoms with Crippen LogP contribution in [0, 0.1) is 6.92 Å². The van der Waals surface area contributed by atoms with Crippen LogP contribution in [-0.2, 0) is 13.0 Å². The number of para-hydroxylation sites is 1. The molecule has 0 amide bonds. The molecule has 2 aromatic carbocycles. The zero-order valence-corrected chi connectivity index (χ0v) is 14.5. The number of hydrogen-bond donors (Lipinski definition) is 2. The fourth-order valence-electron chi connectivity index (χ4n) is 3.07. The van der Waals surface area contributed by atoms with E-state index in [1.54, 1.807) is 4.68 Å². The Labute approximate surface area is 151 Å². The summed E-state index contributed by atoms with van der Waals surface area (Å²) < 4.78 is 6.41. The van der Waals surface area contributed by atoms with Gasteiger partial charge in [-0.15, -0.1) is 0 Å².